The number of morpholine rings is 1. The molecule has 0 radical (unpaired) electrons. The SMILES string of the molecule is O=C(NCc1csc(N2CCOCC2)n1)c1cc2c([nH]c1=O)CCC2. The van der Waals surface area contributed by atoms with Crippen molar-refractivity contribution >= 4 is 22.4 Å². The summed E-state index contributed by atoms with van der Waals surface area (Å²) in [6.45, 7) is 3.42. The first-order valence-electron chi connectivity index (χ1n) is 8.51. The summed E-state index contributed by atoms with van der Waals surface area (Å²) in [5.74, 6) is -0.350. The molecular weight excluding hydrogens is 340 g/mol. The molecule has 0 aromatic carbocycles. The first-order valence-corrected chi connectivity index (χ1v) is 9.39. The third kappa shape index (κ3) is 3.45. The Kier molecular flexibility index (Phi) is 4.54. The predicted octanol–water partition coefficient (Wildman–Crippen LogP) is 1.09. The quantitative estimate of drug-likeness (QED) is 0.852. The zero-order valence-corrected chi connectivity index (χ0v) is 14.7. The average molecular weight is 360 g/mol. The Labute approximate surface area is 149 Å². The van der Waals surface area contributed by atoms with Crippen LogP contribution in [-0.4, -0.2) is 42.2 Å². The zero-order chi connectivity index (χ0) is 17.2. The van der Waals surface area contributed by atoms with Gasteiger partial charge in [0.05, 0.1) is 25.5 Å². The molecular formula is C17H20N4O3S. The van der Waals surface area contributed by atoms with Crippen LogP contribution in [0.5, 0.6) is 0 Å². The highest BCUT2D eigenvalue weighted by Crippen LogP contribution is 2.21. The van der Waals surface area contributed by atoms with E-state index >= 15 is 0 Å². The number of aromatic amines is 1. The molecule has 0 atom stereocenters. The van der Waals surface area contributed by atoms with Crippen LogP contribution in [0.2, 0.25) is 0 Å². The van der Waals surface area contributed by atoms with Crippen LogP contribution in [-0.2, 0) is 24.1 Å². The summed E-state index contributed by atoms with van der Waals surface area (Å²) >= 11 is 1.56. The third-order valence-corrected chi connectivity index (χ3v) is 5.53. The largest absolute Gasteiger partial charge is 0.378 e. The highest BCUT2D eigenvalue weighted by Gasteiger charge is 2.19. The highest BCUT2D eigenvalue weighted by molar-refractivity contribution is 7.13. The number of anilines is 1. The lowest BCUT2D eigenvalue weighted by Gasteiger charge is -2.26. The van der Waals surface area contributed by atoms with E-state index in [0.717, 1.165) is 54.4 Å². The van der Waals surface area contributed by atoms with Gasteiger partial charge in [0.1, 0.15) is 5.56 Å². The molecule has 8 heteroatoms. The van der Waals surface area contributed by atoms with Gasteiger partial charge in [0.25, 0.3) is 11.5 Å². The minimum atomic E-state index is -0.350. The standard InChI is InChI=1S/C17H20N4O3S/c22-15(13-8-11-2-1-3-14(11)20-16(13)23)18-9-12-10-25-17(19-12)21-4-6-24-7-5-21/h8,10H,1-7,9H2,(H,18,22)(H,20,23). The molecule has 132 valence electrons. The molecule has 2 aliphatic rings. The molecule has 1 fully saturated rings. The van der Waals surface area contributed by atoms with E-state index in [2.05, 4.69) is 20.2 Å². The molecule has 25 heavy (non-hydrogen) atoms. The lowest BCUT2D eigenvalue weighted by atomic mass is 10.1. The second kappa shape index (κ2) is 6.97. The van der Waals surface area contributed by atoms with Crippen molar-refractivity contribution in [2.75, 3.05) is 31.2 Å². The van der Waals surface area contributed by atoms with E-state index in [0.29, 0.717) is 19.8 Å². The van der Waals surface area contributed by atoms with Gasteiger partial charge in [-0.1, -0.05) is 0 Å². The Morgan fingerprint density at radius 3 is 3.04 bits per heavy atom. The van der Waals surface area contributed by atoms with E-state index in [4.69, 9.17) is 4.74 Å². The van der Waals surface area contributed by atoms with Crippen LogP contribution in [0.1, 0.15) is 33.7 Å². The molecule has 7 nitrogen and oxygen atoms in total. The molecule has 1 aliphatic carbocycles. The van der Waals surface area contributed by atoms with Gasteiger partial charge in [-0.2, -0.15) is 0 Å². The van der Waals surface area contributed by atoms with Crippen LogP contribution < -0.4 is 15.8 Å². The fraction of sp³-hybridized carbons (Fsp3) is 0.471. The Morgan fingerprint density at radius 2 is 2.20 bits per heavy atom. The number of carbonyl (C=O) groups excluding carboxylic acids is 1. The molecule has 3 heterocycles. The molecule has 0 spiro atoms. The number of aryl methyl sites for hydroxylation is 2. The van der Waals surface area contributed by atoms with Crippen LogP contribution in [0.15, 0.2) is 16.2 Å². The summed E-state index contributed by atoms with van der Waals surface area (Å²) in [4.78, 5) is 34.0. The molecule has 4 rings (SSSR count). The maximum Gasteiger partial charge on any atom is 0.261 e. The van der Waals surface area contributed by atoms with Crippen molar-refractivity contribution in [3.8, 4) is 0 Å². The number of amides is 1. The number of hydrogen-bond donors (Lipinski definition) is 2. The number of pyridine rings is 1. The van der Waals surface area contributed by atoms with Crippen LogP contribution in [0.3, 0.4) is 0 Å². The molecule has 1 aliphatic heterocycles. The fourth-order valence-corrected chi connectivity index (χ4v) is 4.10. The molecule has 1 amide bonds. The lowest BCUT2D eigenvalue weighted by molar-refractivity contribution is 0.0949. The number of thiazole rings is 1. The van der Waals surface area contributed by atoms with Crippen molar-refractivity contribution in [2.45, 2.75) is 25.8 Å². The number of rotatable bonds is 4. The topological polar surface area (TPSA) is 87.3 Å². The Balaban J connectivity index is 1.41. The molecule has 2 aromatic heterocycles. The first-order chi connectivity index (χ1) is 12.2. The van der Waals surface area contributed by atoms with E-state index in [9.17, 15) is 9.59 Å². The van der Waals surface area contributed by atoms with Crippen LogP contribution >= 0.6 is 11.3 Å². The number of nitrogens with zero attached hydrogens (tertiary/aromatic N) is 2. The smallest absolute Gasteiger partial charge is 0.261 e. The summed E-state index contributed by atoms with van der Waals surface area (Å²) in [5.41, 5.74) is 2.72. The van der Waals surface area contributed by atoms with Crippen molar-refractivity contribution in [1.82, 2.24) is 15.3 Å². The first kappa shape index (κ1) is 16.3. The van der Waals surface area contributed by atoms with Gasteiger partial charge in [-0.15, -0.1) is 11.3 Å². The van der Waals surface area contributed by atoms with Gasteiger partial charge in [0.2, 0.25) is 0 Å². The van der Waals surface area contributed by atoms with Crippen LogP contribution in [0.25, 0.3) is 0 Å². The number of carbonyl (C=O) groups is 1. The summed E-state index contributed by atoms with van der Waals surface area (Å²) in [5, 5.41) is 5.70. The number of hydrogen-bond acceptors (Lipinski definition) is 6. The Bertz CT molecular complexity index is 839. The summed E-state index contributed by atoms with van der Waals surface area (Å²) in [6, 6.07) is 1.73. The average Bonchev–Trinajstić information content (AvgIpc) is 3.28. The molecule has 2 N–H and O–H groups in total. The second-order valence-corrected chi connectivity index (χ2v) is 7.11. The van der Waals surface area contributed by atoms with Gasteiger partial charge in [-0.3, -0.25) is 9.59 Å². The summed E-state index contributed by atoms with van der Waals surface area (Å²) in [6.07, 6.45) is 2.83. The summed E-state index contributed by atoms with van der Waals surface area (Å²) < 4.78 is 5.34. The van der Waals surface area contributed by atoms with E-state index in [1.807, 2.05) is 5.38 Å². The number of fused-ring (bicyclic) bond motifs is 1. The van der Waals surface area contributed by atoms with Crippen molar-refractivity contribution in [3.05, 3.63) is 44.3 Å². The van der Waals surface area contributed by atoms with Crippen molar-refractivity contribution in [3.63, 3.8) is 0 Å². The van der Waals surface area contributed by atoms with Crippen LogP contribution in [0.4, 0.5) is 5.13 Å². The number of aromatic nitrogens is 2. The predicted molar refractivity (Wildman–Crippen MR) is 95.4 cm³/mol. The van der Waals surface area contributed by atoms with Gasteiger partial charge in [0.15, 0.2) is 5.13 Å². The summed E-state index contributed by atoms with van der Waals surface area (Å²) in [7, 11) is 0. The maximum atomic E-state index is 12.4. The normalized spacial score (nSPS) is 16.7. The van der Waals surface area contributed by atoms with Gasteiger partial charge >= 0.3 is 0 Å². The zero-order valence-electron chi connectivity index (χ0n) is 13.8. The number of nitrogens with one attached hydrogen (secondary N) is 2. The van der Waals surface area contributed by atoms with Gasteiger partial charge in [-0.05, 0) is 30.9 Å². The Morgan fingerprint density at radius 1 is 1.36 bits per heavy atom. The fourth-order valence-electron chi connectivity index (χ4n) is 3.23. The van der Waals surface area contributed by atoms with Crippen LogP contribution in [0, 0.1) is 0 Å². The molecule has 0 saturated carbocycles. The van der Waals surface area contributed by atoms with Gasteiger partial charge < -0.3 is 19.9 Å². The van der Waals surface area contributed by atoms with Crippen molar-refractivity contribution in [1.29, 1.82) is 0 Å². The minimum Gasteiger partial charge on any atom is -0.378 e. The lowest BCUT2D eigenvalue weighted by Crippen LogP contribution is -2.36. The maximum absolute atomic E-state index is 12.4. The highest BCUT2D eigenvalue weighted by atomic mass is 32.1. The third-order valence-electron chi connectivity index (χ3n) is 4.58. The molecule has 1 saturated heterocycles. The van der Waals surface area contributed by atoms with Crippen molar-refractivity contribution in [2.24, 2.45) is 0 Å². The Hall–Kier alpha value is -2.19. The van der Waals surface area contributed by atoms with E-state index in [1.54, 1.807) is 17.4 Å². The van der Waals surface area contributed by atoms with E-state index in [-0.39, 0.29) is 17.0 Å². The molecule has 0 bridgehead atoms. The molecule has 2 aromatic rings. The van der Waals surface area contributed by atoms with E-state index in [1.165, 1.54) is 0 Å². The van der Waals surface area contributed by atoms with Gasteiger partial charge in [-0.25, -0.2) is 4.98 Å². The number of ether oxygens (including phenoxy) is 1. The van der Waals surface area contributed by atoms with Crippen molar-refractivity contribution < 1.29 is 9.53 Å². The monoisotopic (exact) mass is 360 g/mol. The van der Waals surface area contributed by atoms with E-state index < -0.39 is 0 Å². The molecule has 0 unspecified atom stereocenters. The number of H-pyrrole nitrogens is 1. The second-order valence-electron chi connectivity index (χ2n) is 6.27. The minimum absolute atomic E-state index is 0.185. The van der Waals surface area contributed by atoms with Gasteiger partial charge in [0, 0.05) is 24.2 Å².